The number of para-hydroxylation sites is 1. The van der Waals surface area contributed by atoms with E-state index in [1.54, 1.807) is 35.2 Å². The number of nitrogens with zero attached hydrogens (tertiary/aromatic N) is 1. The van der Waals surface area contributed by atoms with Crippen LogP contribution in [0, 0.1) is 0 Å². The van der Waals surface area contributed by atoms with Crippen LogP contribution >= 0.6 is 47.2 Å². The molecule has 0 spiro atoms. The number of hydrogen-bond acceptors (Lipinski definition) is 6. The van der Waals surface area contributed by atoms with Gasteiger partial charge in [-0.05, 0) is 42.8 Å². The molecule has 1 amide bonds. The average molecular weight is 484 g/mol. The summed E-state index contributed by atoms with van der Waals surface area (Å²) < 4.78 is 17.4. The second-order valence-electron chi connectivity index (χ2n) is 6.09. The van der Waals surface area contributed by atoms with Gasteiger partial charge in [-0.3, -0.25) is 9.69 Å². The Morgan fingerprint density at radius 3 is 2.50 bits per heavy atom. The number of carbonyl (C=O) groups excluding carboxylic acids is 1. The fourth-order valence-electron chi connectivity index (χ4n) is 2.74. The number of thiocarbonyl (C=S) groups is 1. The number of ether oxygens (including phenoxy) is 3. The number of carbonyl (C=O) groups is 1. The van der Waals surface area contributed by atoms with Crippen molar-refractivity contribution < 1.29 is 19.0 Å². The summed E-state index contributed by atoms with van der Waals surface area (Å²) in [6.45, 7) is 2.95. The number of hydrogen-bond donors (Lipinski definition) is 0. The fraction of sp³-hybridized carbons (Fsp3) is 0.238. The van der Waals surface area contributed by atoms with E-state index in [0.29, 0.717) is 48.6 Å². The van der Waals surface area contributed by atoms with Gasteiger partial charge in [-0.1, -0.05) is 59.3 Å². The van der Waals surface area contributed by atoms with E-state index in [1.165, 1.54) is 18.9 Å². The summed E-state index contributed by atoms with van der Waals surface area (Å²) in [4.78, 5) is 14.5. The maximum Gasteiger partial charge on any atom is 0.266 e. The summed E-state index contributed by atoms with van der Waals surface area (Å²) in [5.74, 6) is 1.33. The summed E-state index contributed by atoms with van der Waals surface area (Å²) in [5, 5.41) is 0.898. The molecule has 1 fully saturated rings. The molecule has 0 bridgehead atoms. The van der Waals surface area contributed by atoms with E-state index in [1.807, 2.05) is 19.1 Å². The average Bonchev–Trinajstić information content (AvgIpc) is 2.99. The number of benzene rings is 2. The highest BCUT2D eigenvalue weighted by Crippen LogP contribution is 2.39. The van der Waals surface area contributed by atoms with E-state index in [4.69, 9.17) is 49.6 Å². The molecule has 5 nitrogen and oxygen atoms in total. The quantitative estimate of drug-likeness (QED) is 0.273. The van der Waals surface area contributed by atoms with E-state index in [-0.39, 0.29) is 19.1 Å². The van der Waals surface area contributed by atoms with Gasteiger partial charge in [0, 0.05) is 6.54 Å². The molecule has 2 aromatic carbocycles. The first-order valence-electron chi connectivity index (χ1n) is 9.07. The minimum Gasteiger partial charge on any atom is -0.493 e. The molecule has 9 heteroatoms. The van der Waals surface area contributed by atoms with Crippen molar-refractivity contribution >= 4 is 63.5 Å². The predicted molar refractivity (Wildman–Crippen MR) is 126 cm³/mol. The van der Waals surface area contributed by atoms with Gasteiger partial charge in [0.1, 0.15) is 23.3 Å². The molecule has 1 saturated heterocycles. The lowest BCUT2D eigenvalue weighted by Crippen LogP contribution is -2.27. The van der Waals surface area contributed by atoms with Crippen LogP contribution in [0.25, 0.3) is 6.08 Å². The lowest BCUT2D eigenvalue weighted by molar-refractivity contribution is -0.121. The van der Waals surface area contributed by atoms with Gasteiger partial charge >= 0.3 is 0 Å². The Morgan fingerprint density at radius 1 is 1.10 bits per heavy atom. The number of likely N-dealkylation sites (N-methyl/N-ethyl adjacent to an activating group) is 1. The molecule has 30 heavy (non-hydrogen) atoms. The van der Waals surface area contributed by atoms with Gasteiger partial charge in [-0.2, -0.15) is 0 Å². The van der Waals surface area contributed by atoms with Crippen LogP contribution in [-0.2, 0) is 4.79 Å². The number of amides is 1. The minimum absolute atomic E-state index is 0.111. The topological polar surface area (TPSA) is 48.0 Å². The molecule has 0 radical (unpaired) electrons. The Bertz CT molecular complexity index is 997. The molecule has 0 saturated carbocycles. The van der Waals surface area contributed by atoms with Crippen molar-refractivity contribution in [3.8, 4) is 17.2 Å². The Labute approximate surface area is 194 Å². The van der Waals surface area contributed by atoms with Crippen LogP contribution in [0.3, 0.4) is 0 Å². The van der Waals surface area contributed by atoms with Crippen molar-refractivity contribution in [1.29, 1.82) is 0 Å². The largest absolute Gasteiger partial charge is 0.493 e. The van der Waals surface area contributed by atoms with E-state index in [2.05, 4.69) is 0 Å². The van der Waals surface area contributed by atoms with Crippen LogP contribution in [0.4, 0.5) is 0 Å². The number of rotatable bonds is 8. The van der Waals surface area contributed by atoms with Crippen molar-refractivity contribution in [1.82, 2.24) is 4.90 Å². The summed E-state index contributed by atoms with van der Waals surface area (Å²) in [6, 6.07) is 10.7. The molecular formula is C21H19Cl2NO4S2. The van der Waals surface area contributed by atoms with Crippen LogP contribution in [0.2, 0.25) is 10.0 Å². The maximum absolute atomic E-state index is 12.4. The van der Waals surface area contributed by atoms with Gasteiger partial charge in [-0.25, -0.2) is 0 Å². The van der Waals surface area contributed by atoms with Crippen molar-refractivity contribution in [2.75, 3.05) is 26.9 Å². The first-order valence-corrected chi connectivity index (χ1v) is 11.1. The first-order chi connectivity index (χ1) is 14.4. The fourth-order valence-corrected chi connectivity index (χ4v) is 4.59. The molecule has 0 unspecified atom stereocenters. The molecule has 0 aromatic heterocycles. The number of halogens is 2. The third-order valence-electron chi connectivity index (χ3n) is 4.16. The molecule has 1 heterocycles. The zero-order chi connectivity index (χ0) is 21.7. The van der Waals surface area contributed by atoms with E-state index < -0.39 is 0 Å². The van der Waals surface area contributed by atoms with Crippen molar-refractivity contribution in [3.05, 3.63) is 56.9 Å². The Hall–Kier alpha value is -1.93. The van der Waals surface area contributed by atoms with Gasteiger partial charge in [0.25, 0.3) is 5.91 Å². The monoisotopic (exact) mass is 483 g/mol. The molecule has 158 valence electrons. The number of thioether (sulfide) groups is 1. The second-order valence-corrected chi connectivity index (χ2v) is 8.58. The Balaban J connectivity index is 1.70. The smallest absolute Gasteiger partial charge is 0.266 e. The molecular weight excluding hydrogens is 465 g/mol. The number of methoxy groups -OCH3 is 1. The molecule has 1 aliphatic rings. The third kappa shape index (κ3) is 5.21. The molecule has 0 N–H and O–H groups in total. The first kappa shape index (κ1) is 22.7. The minimum atomic E-state index is -0.111. The summed E-state index contributed by atoms with van der Waals surface area (Å²) in [6.07, 6.45) is 1.74. The molecule has 3 rings (SSSR count). The molecule has 0 aliphatic carbocycles. The third-order valence-corrected chi connectivity index (χ3v) is 6.13. The van der Waals surface area contributed by atoms with Gasteiger partial charge in [0.05, 0.1) is 22.1 Å². The van der Waals surface area contributed by atoms with Crippen molar-refractivity contribution in [2.24, 2.45) is 0 Å². The van der Waals surface area contributed by atoms with E-state index >= 15 is 0 Å². The zero-order valence-corrected chi connectivity index (χ0v) is 19.5. The van der Waals surface area contributed by atoms with Crippen molar-refractivity contribution in [3.63, 3.8) is 0 Å². The summed E-state index contributed by atoms with van der Waals surface area (Å²) in [7, 11) is 1.53. The van der Waals surface area contributed by atoms with Crippen LogP contribution in [0.1, 0.15) is 12.5 Å². The van der Waals surface area contributed by atoms with Gasteiger partial charge in [0.15, 0.2) is 11.5 Å². The normalized spacial score (nSPS) is 15.1. The van der Waals surface area contributed by atoms with Crippen LogP contribution < -0.4 is 14.2 Å². The SMILES string of the molecule is CCN1C(=O)C(=Cc2cc(Cl)c(OCCOc3ccccc3Cl)c(OC)c2)SC1=S. The van der Waals surface area contributed by atoms with Gasteiger partial charge in [0.2, 0.25) is 0 Å². The van der Waals surface area contributed by atoms with Crippen LogP contribution in [-0.4, -0.2) is 42.0 Å². The lowest BCUT2D eigenvalue weighted by atomic mass is 10.1. The molecule has 0 atom stereocenters. The lowest BCUT2D eigenvalue weighted by Gasteiger charge is -2.14. The standard InChI is InChI=1S/C21H19Cl2NO4S2/c1-3-24-20(25)18(30-21(24)29)12-13-10-15(23)19(17(11-13)26-2)28-9-8-27-16-7-5-4-6-14(16)22/h4-7,10-12H,3,8-9H2,1-2H3. The van der Waals surface area contributed by atoms with Crippen LogP contribution in [0.15, 0.2) is 41.3 Å². The van der Waals surface area contributed by atoms with E-state index in [9.17, 15) is 4.79 Å². The Kier molecular flexibility index (Phi) is 7.88. The highest BCUT2D eigenvalue weighted by molar-refractivity contribution is 8.26. The second kappa shape index (κ2) is 10.4. The highest BCUT2D eigenvalue weighted by atomic mass is 35.5. The van der Waals surface area contributed by atoms with E-state index in [0.717, 1.165) is 0 Å². The summed E-state index contributed by atoms with van der Waals surface area (Å²) >= 11 is 19.0. The summed E-state index contributed by atoms with van der Waals surface area (Å²) in [5.41, 5.74) is 0.716. The Morgan fingerprint density at radius 2 is 1.83 bits per heavy atom. The predicted octanol–water partition coefficient (Wildman–Crippen LogP) is 5.68. The van der Waals surface area contributed by atoms with Gasteiger partial charge < -0.3 is 14.2 Å². The molecule has 2 aromatic rings. The zero-order valence-electron chi connectivity index (χ0n) is 16.3. The molecule has 1 aliphatic heterocycles. The van der Waals surface area contributed by atoms with Crippen LogP contribution in [0.5, 0.6) is 17.2 Å². The van der Waals surface area contributed by atoms with Gasteiger partial charge in [-0.15, -0.1) is 0 Å². The van der Waals surface area contributed by atoms with Crippen molar-refractivity contribution in [2.45, 2.75) is 6.92 Å². The maximum atomic E-state index is 12.4. The highest BCUT2D eigenvalue weighted by Gasteiger charge is 2.30.